The van der Waals surface area contributed by atoms with Gasteiger partial charge in [-0.1, -0.05) is 204 Å². The Labute approximate surface area is 474 Å². The van der Waals surface area contributed by atoms with Crippen LogP contribution in [0.5, 0.6) is 0 Å². The Balaban J connectivity index is 0.825. The van der Waals surface area contributed by atoms with Gasteiger partial charge in [0.15, 0.2) is 0 Å². The zero-order chi connectivity index (χ0) is 54.4. The summed E-state index contributed by atoms with van der Waals surface area (Å²) in [6.45, 7) is 9.56. The molecule has 2 aliphatic carbocycles. The fourth-order valence-electron chi connectivity index (χ4n) is 13.4. The van der Waals surface area contributed by atoms with E-state index in [1.165, 1.54) is 105 Å². The second-order valence-electron chi connectivity index (χ2n) is 22.9. The molecule has 81 heavy (non-hydrogen) atoms. The lowest BCUT2D eigenvalue weighted by Gasteiger charge is -2.31. The molecule has 0 radical (unpaired) electrons. The largest absolute Gasteiger partial charge is 0.311 e. The molecule has 0 spiro atoms. The van der Waals surface area contributed by atoms with Gasteiger partial charge in [-0.15, -0.1) is 0 Å². The molecule has 0 saturated heterocycles. The first-order chi connectivity index (χ1) is 39.7. The number of aromatic nitrogens is 1. The van der Waals surface area contributed by atoms with Gasteiger partial charge in [0.1, 0.15) is 0 Å². The Morgan fingerprint density at radius 3 is 1.17 bits per heavy atom. The summed E-state index contributed by atoms with van der Waals surface area (Å²) in [5.41, 5.74) is 27.6. The van der Waals surface area contributed by atoms with Gasteiger partial charge < -0.3 is 14.4 Å². The number of nitrogens with zero attached hydrogens (tertiary/aromatic N) is 3. The van der Waals surface area contributed by atoms with Gasteiger partial charge >= 0.3 is 0 Å². The molecule has 2 aliphatic rings. The maximum atomic E-state index is 2.47. The number of benzene rings is 12. The van der Waals surface area contributed by atoms with E-state index in [-0.39, 0.29) is 10.8 Å². The van der Waals surface area contributed by atoms with Gasteiger partial charge in [-0.05, 0) is 187 Å². The van der Waals surface area contributed by atoms with E-state index < -0.39 is 0 Å². The highest BCUT2D eigenvalue weighted by Crippen LogP contribution is 2.54. The van der Waals surface area contributed by atoms with E-state index >= 15 is 0 Å². The average molecular weight is 1040 g/mol. The van der Waals surface area contributed by atoms with Crippen molar-refractivity contribution < 1.29 is 0 Å². The summed E-state index contributed by atoms with van der Waals surface area (Å²) >= 11 is 0. The Bertz CT molecular complexity index is 4450. The molecule has 13 aromatic rings. The lowest BCUT2D eigenvalue weighted by atomic mass is 9.81. The quantitative estimate of drug-likeness (QED) is 0.135. The van der Waals surface area contributed by atoms with Gasteiger partial charge in [0.25, 0.3) is 0 Å². The van der Waals surface area contributed by atoms with Crippen molar-refractivity contribution in [3.63, 3.8) is 0 Å². The van der Waals surface area contributed by atoms with E-state index in [0.717, 1.165) is 34.1 Å². The van der Waals surface area contributed by atoms with Gasteiger partial charge in [0, 0.05) is 61.4 Å². The summed E-state index contributed by atoms with van der Waals surface area (Å²) in [5, 5.41) is 2.52. The second-order valence-corrected chi connectivity index (χ2v) is 22.9. The molecular weight excluding hydrogens is 979 g/mol. The fourth-order valence-corrected chi connectivity index (χ4v) is 13.4. The molecule has 15 rings (SSSR count). The molecule has 0 atom stereocenters. The minimum atomic E-state index is -0.270. The van der Waals surface area contributed by atoms with Crippen LogP contribution in [0.1, 0.15) is 49.9 Å². The molecule has 0 bridgehead atoms. The third-order valence-corrected chi connectivity index (χ3v) is 17.6. The smallest absolute Gasteiger partial charge is 0.0541 e. The van der Waals surface area contributed by atoms with Crippen LogP contribution in [-0.2, 0) is 10.8 Å². The van der Waals surface area contributed by atoms with Crippen LogP contribution >= 0.6 is 0 Å². The van der Waals surface area contributed by atoms with Crippen LogP contribution < -0.4 is 9.80 Å². The van der Waals surface area contributed by atoms with Crippen LogP contribution in [0.2, 0.25) is 0 Å². The number of para-hydroxylation sites is 2. The standard InChI is InChI=1S/C78H59N3/c1-77(2)71-26-16-14-24-65(71)67-45-42-63(50-73(67)77)80(62-40-38-61(39-41-62)79(59-34-28-54(29-35-59)52-18-8-5-9-19-52)60-36-30-55(31-37-60)53-20-10-6-11-21-53)64-43-46-68-66-44-32-57(49-72(66)78(3,4)74(68)51-64)56-33-47-76-70(48-56)69-25-15-17-27-75(69)81(76)58-22-12-7-13-23-58/h5-51H,1-4H3. The van der Waals surface area contributed by atoms with Crippen LogP contribution in [0.25, 0.3) is 83.1 Å². The van der Waals surface area contributed by atoms with E-state index in [4.69, 9.17) is 0 Å². The molecule has 1 aromatic heterocycles. The Kier molecular flexibility index (Phi) is 11.2. The predicted molar refractivity (Wildman–Crippen MR) is 342 cm³/mol. The highest BCUT2D eigenvalue weighted by molar-refractivity contribution is 6.10. The first-order valence-electron chi connectivity index (χ1n) is 28.3. The van der Waals surface area contributed by atoms with Gasteiger partial charge in [-0.2, -0.15) is 0 Å². The van der Waals surface area contributed by atoms with Crippen LogP contribution in [0.4, 0.5) is 34.1 Å². The van der Waals surface area contributed by atoms with Crippen molar-refractivity contribution in [1.82, 2.24) is 4.57 Å². The second kappa shape index (κ2) is 18.9. The molecule has 3 heteroatoms. The maximum Gasteiger partial charge on any atom is 0.0541 e. The summed E-state index contributed by atoms with van der Waals surface area (Å²) in [6.07, 6.45) is 0. The lowest BCUT2D eigenvalue weighted by molar-refractivity contribution is 0.660. The van der Waals surface area contributed by atoms with E-state index in [9.17, 15) is 0 Å². The van der Waals surface area contributed by atoms with E-state index in [1.807, 2.05) is 0 Å². The number of hydrogen-bond acceptors (Lipinski definition) is 2. The number of anilines is 6. The van der Waals surface area contributed by atoms with Crippen molar-refractivity contribution in [2.24, 2.45) is 0 Å². The normalized spacial score (nSPS) is 13.4. The molecule has 0 amide bonds. The van der Waals surface area contributed by atoms with Crippen molar-refractivity contribution in [2.45, 2.75) is 38.5 Å². The minimum absolute atomic E-state index is 0.160. The lowest BCUT2D eigenvalue weighted by Crippen LogP contribution is -2.18. The van der Waals surface area contributed by atoms with E-state index in [1.54, 1.807) is 0 Å². The molecular formula is C78H59N3. The molecule has 0 saturated carbocycles. The molecule has 1 heterocycles. The summed E-state index contributed by atoms with van der Waals surface area (Å²) in [4.78, 5) is 4.85. The van der Waals surface area contributed by atoms with Crippen LogP contribution in [-0.4, -0.2) is 4.57 Å². The highest BCUT2D eigenvalue weighted by atomic mass is 15.2. The zero-order valence-corrected chi connectivity index (χ0v) is 46.0. The Hall–Kier alpha value is -9.96. The number of fused-ring (bicyclic) bond motifs is 9. The molecule has 3 nitrogen and oxygen atoms in total. The van der Waals surface area contributed by atoms with E-state index in [2.05, 4.69) is 327 Å². The van der Waals surface area contributed by atoms with Crippen LogP contribution in [0.15, 0.2) is 285 Å². The van der Waals surface area contributed by atoms with Crippen molar-refractivity contribution in [2.75, 3.05) is 9.80 Å². The molecule has 0 unspecified atom stereocenters. The third-order valence-electron chi connectivity index (χ3n) is 17.6. The van der Waals surface area contributed by atoms with Crippen LogP contribution in [0.3, 0.4) is 0 Å². The fraction of sp³-hybridized carbons (Fsp3) is 0.0769. The minimum Gasteiger partial charge on any atom is -0.311 e. The van der Waals surface area contributed by atoms with Crippen molar-refractivity contribution in [3.8, 4) is 61.3 Å². The summed E-state index contributed by atoms with van der Waals surface area (Å²) in [6, 6.07) is 105. The first kappa shape index (κ1) is 48.2. The monoisotopic (exact) mass is 1040 g/mol. The maximum absolute atomic E-state index is 2.47. The molecule has 0 fully saturated rings. The number of hydrogen-bond donors (Lipinski definition) is 0. The number of rotatable bonds is 10. The molecule has 0 N–H and O–H groups in total. The third kappa shape index (κ3) is 7.94. The summed E-state index contributed by atoms with van der Waals surface area (Å²) in [5.74, 6) is 0. The van der Waals surface area contributed by atoms with Crippen molar-refractivity contribution in [1.29, 1.82) is 0 Å². The summed E-state index contributed by atoms with van der Waals surface area (Å²) in [7, 11) is 0. The predicted octanol–water partition coefficient (Wildman–Crippen LogP) is 21.3. The Morgan fingerprint density at radius 1 is 0.247 bits per heavy atom. The first-order valence-corrected chi connectivity index (χ1v) is 28.3. The van der Waals surface area contributed by atoms with Crippen molar-refractivity contribution >= 4 is 55.9 Å². The zero-order valence-electron chi connectivity index (χ0n) is 46.0. The highest BCUT2D eigenvalue weighted by Gasteiger charge is 2.38. The van der Waals surface area contributed by atoms with Gasteiger partial charge in [0.2, 0.25) is 0 Å². The van der Waals surface area contributed by atoms with Crippen LogP contribution in [0, 0.1) is 0 Å². The SMILES string of the molecule is CC1(C)c2ccccc2-c2ccc(N(c3ccc(N(c4ccc(-c5ccccc5)cc4)c4ccc(-c5ccccc5)cc4)cc3)c3ccc4c(c3)C(C)(C)c3cc(-c5ccc6c(c5)c5ccccc5n6-c5ccccc5)ccc3-4)cc21. The van der Waals surface area contributed by atoms with Gasteiger partial charge in [-0.25, -0.2) is 0 Å². The van der Waals surface area contributed by atoms with E-state index in [0.29, 0.717) is 0 Å². The molecule has 386 valence electrons. The molecule has 12 aromatic carbocycles. The van der Waals surface area contributed by atoms with Crippen molar-refractivity contribution in [3.05, 3.63) is 307 Å². The van der Waals surface area contributed by atoms with Gasteiger partial charge in [0.05, 0.1) is 11.0 Å². The topological polar surface area (TPSA) is 11.4 Å². The summed E-state index contributed by atoms with van der Waals surface area (Å²) < 4.78 is 2.39. The average Bonchev–Trinajstić information content (AvgIpc) is 4.27. The van der Waals surface area contributed by atoms with Gasteiger partial charge in [-0.3, -0.25) is 0 Å². The molecule has 0 aliphatic heterocycles. The Morgan fingerprint density at radius 2 is 0.605 bits per heavy atom.